The van der Waals surface area contributed by atoms with Crippen LogP contribution in [0.1, 0.15) is 5.56 Å². The van der Waals surface area contributed by atoms with E-state index in [-0.39, 0.29) is 0 Å². The zero-order chi connectivity index (χ0) is 14.1. The number of aryl methyl sites for hydroxylation is 1. The molecule has 0 bridgehead atoms. The van der Waals surface area contributed by atoms with Crippen molar-refractivity contribution < 1.29 is 4.74 Å². The van der Waals surface area contributed by atoms with Crippen LogP contribution in [0.5, 0.6) is 11.5 Å². The maximum absolute atomic E-state index is 6.02. The number of fused-ring (bicyclic) bond motifs is 1. The molecule has 20 heavy (non-hydrogen) atoms. The summed E-state index contributed by atoms with van der Waals surface area (Å²) in [6, 6.07) is 13.0. The number of nitrogens with two attached hydrogens (primary N) is 1. The number of pyridine rings is 1. The summed E-state index contributed by atoms with van der Waals surface area (Å²) in [5.74, 6) is 1.40. The van der Waals surface area contributed by atoms with Crippen LogP contribution in [0.3, 0.4) is 0 Å². The highest BCUT2D eigenvalue weighted by Gasteiger charge is 2.08. The number of rotatable bonds is 2. The van der Waals surface area contributed by atoms with Crippen LogP contribution in [-0.2, 0) is 0 Å². The third-order valence-corrected chi connectivity index (χ3v) is 3.55. The molecule has 0 aliphatic heterocycles. The molecule has 1 aromatic heterocycles. The monoisotopic (exact) mass is 284 g/mol. The minimum Gasteiger partial charge on any atom is -0.455 e. The highest BCUT2D eigenvalue weighted by molar-refractivity contribution is 6.31. The number of nitrogen functional groups attached to an aromatic ring is 1. The molecule has 3 nitrogen and oxygen atoms in total. The summed E-state index contributed by atoms with van der Waals surface area (Å²) in [6.45, 7) is 1.94. The van der Waals surface area contributed by atoms with Gasteiger partial charge in [-0.25, -0.2) is 0 Å². The van der Waals surface area contributed by atoms with E-state index in [9.17, 15) is 0 Å². The zero-order valence-electron chi connectivity index (χ0n) is 10.9. The number of hydrogen-bond donors (Lipinski definition) is 1. The van der Waals surface area contributed by atoms with Gasteiger partial charge in [0.1, 0.15) is 11.3 Å². The molecule has 0 spiro atoms. The molecule has 0 atom stereocenters. The van der Waals surface area contributed by atoms with Gasteiger partial charge in [-0.15, -0.1) is 0 Å². The quantitative estimate of drug-likeness (QED) is 0.701. The van der Waals surface area contributed by atoms with E-state index in [1.165, 1.54) is 0 Å². The largest absolute Gasteiger partial charge is 0.455 e. The van der Waals surface area contributed by atoms with Crippen LogP contribution in [0.25, 0.3) is 10.9 Å². The van der Waals surface area contributed by atoms with Crippen LogP contribution in [0.2, 0.25) is 5.02 Å². The molecule has 0 aliphatic carbocycles. The summed E-state index contributed by atoms with van der Waals surface area (Å²) in [5.41, 5.74) is 8.36. The fourth-order valence-electron chi connectivity index (χ4n) is 2.06. The van der Waals surface area contributed by atoms with Gasteiger partial charge in [-0.3, -0.25) is 4.98 Å². The van der Waals surface area contributed by atoms with Crippen LogP contribution >= 0.6 is 11.6 Å². The minimum absolute atomic E-state index is 0.677. The average molecular weight is 285 g/mol. The standard InChI is InChI=1S/C16H13ClN2O/c1-10-9-11(4-5-13(10)17)20-15-7-6-14(18)12-3-2-8-19-16(12)15/h2-9H,18H2,1H3. The molecule has 0 unspecified atom stereocenters. The van der Waals surface area contributed by atoms with Crippen molar-refractivity contribution in [1.29, 1.82) is 0 Å². The van der Waals surface area contributed by atoms with Crippen molar-refractivity contribution in [2.75, 3.05) is 5.73 Å². The minimum atomic E-state index is 0.677. The van der Waals surface area contributed by atoms with Crippen molar-refractivity contribution in [3.8, 4) is 11.5 Å². The Hall–Kier alpha value is -2.26. The number of halogens is 1. The molecule has 2 N–H and O–H groups in total. The molecule has 3 rings (SSSR count). The molecule has 0 saturated carbocycles. The smallest absolute Gasteiger partial charge is 0.153 e. The highest BCUT2D eigenvalue weighted by atomic mass is 35.5. The van der Waals surface area contributed by atoms with E-state index in [2.05, 4.69) is 4.98 Å². The van der Waals surface area contributed by atoms with Gasteiger partial charge in [-0.2, -0.15) is 0 Å². The van der Waals surface area contributed by atoms with E-state index in [0.717, 1.165) is 27.2 Å². The Kier molecular flexibility index (Phi) is 3.20. The Balaban J connectivity index is 2.06. The normalized spacial score (nSPS) is 10.7. The highest BCUT2D eigenvalue weighted by Crippen LogP contribution is 2.32. The fourth-order valence-corrected chi connectivity index (χ4v) is 2.18. The molecule has 0 aliphatic rings. The van der Waals surface area contributed by atoms with Crippen molar-refractivity contribution in [1.82, 2.24) is 4.98 Å². The number of nitrogens with zero attached hydrogens (tertiary/aromatic N) is 1. The van der Waals surface area contributed by atoms with Gasteiger partial charge in [0, 0.05) is 22.3 Å². The molecular formula is C16H13ClN2O. The van der Waals surface area contributed by atoms with Crippen molar-refractivity contribution in [3.63, 3.8) is 0 Å². The molecule has 0 radical (unpaired) electrons. The van der Waals surface area contributed by atoms with Crippen molar-refractivity contribution in [3.05, 3.63) is 59.2 Å². The molecule has 1 heterocycles. The topological polar surface area (TPSA) is 48.1 Å². The van der Waals surface area contributed by atoms with Crippen molar-refractivity contribution in [2.45, 2.75) is 6.92 Å². The van der Waals surface area contributed by atoms with Gasteiger partial charge in [-0.05, 0) is 55.0 Å². The number of ether oxygens (including phenoxy) is 1. The van der Waals surface area contributed by atoms with Crippen LogP contribution in [0, 0.1) is 6.92 Å². The first-order chi connectivity index (χ1) is 9.65. The van der Waals surface area contributed by atoms with Crippen molar-refractivity contribution >= 4 is 28.2 Å². The number of hydrogen-bond acceptors (Lipinski definition) is 3. The first-order valence-electron chi connectivity index (χ1n) is 6.22. The first-order valence-corrected chi connectivity index (χ1v) is 6.60. The van der Waals surface area contributed by atoms with E-state index in [1.54, 1.807) is 6.20 Å². The van der Waals surface area contributed by atoms with E-state index >= 15 is 0 Å². The van der Waals surface area contributed by atoms with Gasteiger partial charge < -0.3 is 10.5 Å². The predicted octanol–water partition coefficient (Wildman–Crippen LogP) is 4.57. The second-order valence-electron chi connectivity index (χ2n) is 4.57. The number of benzene rings is 2. The van der Waals surface area contributed by atoms with Gasteiger partial charge in [0.25, 0.3) is 0 Å². The fraction of sp³-hybridized carbons (Fsp3) is 0.0625. The Morgan fingerprint density at radius 1 is 1.15 bits per heavy atom. The molecule has 100 valence electrons. The summed E-state index contributed by atoms with van der Waals surface area (Å²) in [7, 11) is 0. The second-order valence-corrected chi connectivity index (χ2v) is 4.97. The summed E-state index contributed by atoms with van der Waals surface area (Å²) < 4.78 is 5.91. The molecule has 4 heteroatoms. The number of aromatic nitrogens is 1. The molecule has 0 saturated heterocycles. The Bertz CT molecular complexity index is 787. The molecule has 0 fully saturated rings. The van der Waals surface area contributed by atoms with Crippen molar-refractivity contribution in [2.24, 2.45) is 0 Å². The van der Waals surface area contributed by atoms with E-state index in [1.807, 2.05) is 49.4 Å². The zero-order valence-corrected chi connectivity index (χ0v) is 11.7. The SMILES string of the molecule is Cc1cc(Oc2ccc(N)c3cccnc23)ccc1Cl. The molecule has 3 aromatic rings. The van der Waals surface area contributed by atoms with Gasteiger partial charge >= 0.3 is 0 Å². The van der Waals surface area contributed by atoms with E-state index in [0.29, 0.717) is 11.4 Å². The van der Waals surface area contributed by atoms with Gasteiger partial charge in [0.15, 0.2) is 5.75 Å². The van der Waals surface area contributed by atoms with Gasteiger partial charge in [0.2, 0.25) is 0 Å². The van der Waals surface area contributed by atoms with Gasteiger partial charge in [-0.1, -0.05) is 11.6 Å². The maximum Gasteiger partial charge on any atom is 0.153 e. The third kappa shape index (κ3) is 2.28. The lowest BCUT2D eigenvalue weighted by Gasteiger charge is -2.10. The first kappa shape index (κ1) is 12.8. The summed E-state index contributed by atoms with van der Waals surface area (Å²) >= 11 is 6.02. The lowest BCUT2D eigenvalue weighted by atomic mass is 10.1. The predicted molar refractivity (Wildman–Crippen MR) is 82.4 cm³/mol. The molecule has 0 amide bonds. The third-order valence-electron chi connectivity index (χ3n) is 3.12. The van der Waals surface area contributed by atoms with Crippen LogP contribution < -0.4 is 10.5 Å². The molecular weight excluding hydrogens is 272 g/mol. The Labute approximate surface area is 122 Å². The van der Waals surface area contributed by atoms with Crippen LogP contribution in [0.15, 0.2) is 48.7 Å². The lowest BCUT2D eigenvalue weighted by molar-refractivity contribution is 0.487. The molecule has 2 aromatic carbocycles. The van der Waals surface area contributed by atoms with Crippen LogP contribution in [0.4, 0.5) is 5.69 Å². The van der Waals surface area contributed by atoms with E-state index < -0.39 is 0 Å². The maximum atomic E-state index is 6.02. The second kappa shape index (κ2) is 5.02. The van der Waals surface area contributed by atoms with Gasteiger partial charge in [0.05, 0.1) is 0 Å². The average Bonchev–Trinajstić information content (AvgIpc) is 2.46. The summed E-state index contributed by atoms with van der Waals surface area (Å²) in [4.78, 5) is 4.35. The Morgan fingerprint density at radius 2 is 2.00 bits per heavy atom. The summed E-state index contributed by atoms with van der Waals surface area (Å²) in [5, 5.41) is 1.60. The van der Waals surface area contributed by atoms with Crippen LogP contribution in [-0.4, -0.2) is 4.98 Å². The summed E-state index contributed by atoms with van der Waals surface area (Å²) in [6.07, 6.45) is 1.72. The van der Waals surface area contributed by atoms with E-state index in [4.69, 9.17) is 22.1 Å². The number of anilines is 1. The Morgan fingerprint density at radius 3 is 2.80 bits per heavy atom. The lowest BCUT2D eigenvalue weighted by Crippen LogP contribution is -1.92.